The molecular weight excluding hydrogens is 461 g/mol. The minimum atomic E-state index is -1.66. The summed E-state index contributed by atoms with van der Waals surface area (Å²) in [4.78, 5) is 30.4. The van der Waals surface area contributed by atoms with Crippen LogP contribution in [0.4, 0.5) is 13.2 Å². The number of nitrogens with one attached hydrogen (secondary N) is 1. The quantitative estimate of drug-likeness (QED) is 0.415. The minimum Gasteiger partial charge on any atom is -0.502 e. The fourth-order valence-corrected chi connectivity index (χ4v) is 4.71. The van der Waals surface area contributed by atoms with Crippen molar-refractivity contribution < 1.29 is 27.5 Å². The number of aromatic hydroxyl groups is 1. The number of nitrogens with zero attached hydrogens (tertiary/aromatic N) is 1. The number of amides is 1. The van der Waals surface area contributed by atoms with Crippen LogP contribution in [-0.2, 0) is 17.8 Å². The van der Waals surface area contributed by atoms with Gasteiger partial charge in [0.2, 0.25) is 17.1 Å². The van der Waals surface area contributed by atoms with Crippen LogP contribution in [0.2, 0.25) is 0 Å². The van der Waals surface area contributed by atoms with Crippen LogP contribution in [0.25, 0.3) is 10.9 Å². The van der Waals surface area contributed by atoms with E-state index in [1.807, 2.05) is 24.3 Å². The van der Waals surface area contributed by atoms with E-state index in [9.17, 15) is 27.9 Å². The Balaban J connectivity index is 1.50. The smallest absolute Gasteiger partial charge is 0.227 e. The molecule has 35 heavy (non-hydrogen) atoms. The van der Waals surface area contributed by atoms with Crippen LogP contribution in [0.1, 0.15) is 40.7 Å². The molecule has 3 heterocycles. The first kappa shape index (κ1) is 22.8. The van der Waals surface area contributed by atoms with Gasteiger partial charge in [0.25, 0.3) is 0 Å². The van der Waals surface area contributed by atoms with Gasteiger partial charge in [-0.2, -0.15) is 0 Å². The van der Waals surface area contributed by atoms with Crippen LogP contribution in [-0.4, -0.2) is 27.4 Å². The average molecular weight is 482 g/mol. The molecule has 1 unspecified atom stereocenters. The molecule has 2 aromatic heterocycles. The van der Waals surface area contributed by atoms with E-state index in [0.29, 0.717) is 19.5 Å². The summed E-state index contributed by atoms with van der Waals surface area (Å²) in [6.45, 7) is 2.18. The van der Waals surface area contributed by atoms with E-state index in [2.05, 4.69) is 4.98 Å². The Hall–Kier alpha value is -4.01. The molecule has 0 fully saturated rings. The molecule has 0 bridgehead atoms. The summed E-state index contributed by atoms with van der Waals surface area (Å²) in [5.41, 5.74) is 2.10. The van der Waals surface area contributed by atoms with E-state index in [-0.39, 0.29) is 29.4 Å². The molecule has 4 aromatic rings. The normalized spacial score (nSPS) is 14.2. The van der Waals surface area contributed by atoms with Gasteiger partial charge in [-0.15, -0.1) is 0 Å². The number of carbonyl (C=O) groups excluding carboxylic acids is 1. The largest absolute Gasteiger partial charge is 0.502 e. The van der Waals surface area contributed by atoms with Crippen molar-refractivity contribution >= 4 is 16.8 Å². The van der Waals surface area contributed by atoms with Crippen LogP contribution in [0.15, 0.2) is 51.7 Å². The van der Waals surface area contributed by atoms with Crippen molar-refractivity contribution in [3.8, 4) is 5.75 Å². The lowest BCUT2D eigenvalue weighted by atomic mass is 9.90. The standard InChI is InChI=1S/C26H21F3N2O4/c1-13-8-22(32)25(34)26(35-13)17(14-9-18(27)24(29)19(28)10-14)11-23(33)31-7-6-16-15-4-2-3-5-20(15)30-21(16)12-31/h2-5,8-10,17,30,34H,6-7,11-12H2,1H3. The number of aromatic nitrogens is 1. The molecule has 9 heteroatoms. The lowest BCUT2D eigenvalue weighted by Gasteiger charge is -2.29. The molecule has 0 spiro atoms. The van der Waals surface area contributed by atoms with E-state index in [4.69, 9.17) is 4.42 Å². The number of para-hydroxylation sites is 1. The molecule has 1 amide bonds. The van der Waals surface area contributed by atoms with E-state index in [1.165, 1.54) is 6.92 Å². The first-order valence-corrected chi connectivity index (χ1v) is 11.1. The molecule has 0 radical (unpaired) electrons. The highest BCUT2D eigenvalue weighted by molar-refractivity contribution is 5.86. The van der Waals surface area contributed by atoms with Gasteiger partial charge in [-0.05, 0) is 42.7 Å². The first-order valence-electron chi connectivity index (χ1n) is 11.1. The number of rotatable bonds is 4. The summed E-state index contributed by atoms with van der Waals surface area (Å²) in [7, 11) is 0. The van der Waals surface area contributed by atoms with E-state index >= 15 is 0 Å². The number of fused-ring (bicyclic) bond motifs is 3. The van der Waals surface area contributed by atoms with Gasteiger partial charge in [0, 0.05) is 35.6 Å². The monoisotopic (exact) mass is 482 g/mol. The second-order valence-corrected chi connectivity index (χ2v) is 8.68. The number of halogens is 3. The van der Waals surface area contributed by atoms with Gasteiger partial charge in [0.05, 0.1) is 12.5 Å². The predicted molar refractivity (Wildman–Crippen MR) is 122 cm³/mol. The maximum absolute atomic E-state index is 14.1. The fourth-order valence-electron chi connectivity index (χ4n) is 4.71. The highest BCUT2D eigenvalue weighted by Gasteiger charge is 2.31. The van der Waals surface area contributed by atoms with Gasteiger partial charge in [-0.1, -0.05) is 18.2 Å². The third-order valence-electron chi connectivity index (χ3n) is 6.41. The Labute approximate surface area is 197 Å². The second-order valence-electron chi connectivity index (χ2n) is 8.68. The Bertz CT molecular complexity index is 1500. The van der Waals surface area contributed by atoms with Gasteiger partial charge in [0.15, 0.2) is 23.2 Å². The lowest BCUT2D eigenvalue weighted by molar-refractivity contribution is -0.132. The van der Waals surface area contributed by atoms with Gasteiger partial charge < -0.3 is 19.4 Å². The Morgan fingerprint density at radius 1 is 1.17 bits per heavy atom. The summed E-state index contributed by atoms with van der Waals surface area (Å²) < 4.78 is 47.3. The maximum atomic E-state index is 14.1. The van der Waals surface area contributed by atoms with Crippen LogP contribution in [0.5, 0.6) is 5.75 Å². The summed E-state index contributed by atoms with van der Waals surface area (Å²) in [5.74, 6) is -7.09. The molecule has 1 aliphatic rings. The molecular formula is C26H21F3N2O4. The first-order chi connectivity index (χ1) is 16.7. The van der Waals surface area contributed by atoms with Gasteiger partial charge in [0.1, 0.15) is 5.76 Å². The Kier molecular flexibility index (Phi) is 5.62. The third-order valence-corrected chi connectivity index (χ3v) is 6.41. The second kappa shape index (κ2) is 8.65. The van der Waals surface area contributed by atoms with Gasteiger partial charge in [-0.25, -0.2) is 13.2 Å². The number of carbonyl (C=O) groups is 1. The lowest BCUT2D eigenvalue weighted by Crippen LogP contribution is -2.36. The summed E-state index contributed by atoms with van der Waals surface area (Å²) >= 11 is 0. The zero-order chi connectivity index (χ0) is 24.9. The SMILES string of the molecule is Cc1cc(=O)c(O)c(C(CC(=O)N2CCc3c([nH]c4ccccc34)C2)c2cc(F)c(F)c(F)c2)o1. The van der Waals surface area contributed by atoms with Crippen LogP contribution < -0.4 is 5.43 Å². The van der Waals surface area contributed by atoms with Crippen molar-refractivity contribution in [3.63, 3.8) is 0 Å². The molecule has 0 saturated carbocycles. The zero-order valence-electron chi connectivity index (χ0n) is 18.7. The fraction of sp³-hybridized carbons (Fsp3) is 0.231. The van der Waals surface area contributed by atoms with E-state index < -0.39 is 34.5 Å². The minimum absolute atomic E-state index is 0.137. The van der Waals surface area contributed by atoms with Gasteiger partial charge >= 0.3 is 0 Å². The van der Waals surface area contributed by atoms with Crippen molar-refractivity contribution in [2.75, 3.05) is 6.54 Å². The van der Waals surface area contributed by atoms with Crippen molar-refractivity contribution in [3.05, 3.63) is 98.5 Å². The van der Waals surface area contributed by atoms with Crippen molar-refractivity contribution in [2.45, 2.75) is 32.2 Å². The molecule has 0 aliphatic carbocycles. The molecule has 180 valence electrons. The Morgan fingerprint density at radius 2 is 1.89 bits per heavy atom. The summed E-state index contributed by atoms with van der Waals surface area (Å²) in [5, 5.41) is 11.5. The number of hydrogen-bond acceptors (Lipinski definition) is 4. The number of benzene rings is 2. The van der Waals surface area contributed by atoms with Crippen LogP contribution in [0.3, 0.4) is 0 Å². The summed E-state index contributed by atoms with van der Waals surface area (Å²) in [6.07, 6.45) is 0.250. The van der Waals surface area contributed by atoms with Crippen molar-refractivity contribution in [1.29, 1.82) is 0 Å². The maximum Gasteiger partial charge on any atom is 0.227 e. The summed E-state index contributed by atoms with van der Waals surface area (Å²) in [6, 6.07) is 10.4. The Morgan fingerprint density at radius 3 is 2.63 bits per heavy atom. The molecule has 6 nitrogen and oxygen atoms in total. The molecule has 1 atom stereocenters. The zero-order valence-corrected chi connectivity index (χ0v) is 18.7. The molecule has 2 aromatic carbocycles. The molecule has 2 N–H and O–H groups in total. The van der Waals surface area contributed by atoms with Crippen molar-refractivity contribution in [2.24, 2.45) is 0 Å². The number of aromatic amines is 1. The topological polar surface area (TPSA) is 86.5 Å². The molecule has 0 saturated heterocycles. The highest BCUT2D eigenvalue weighted by atomic mass is 19.2. The molecule has 5 rings (SSSR count). The predicted octanol–water partition coefficient (Wildman–Crippen LogP) is 4.66. The number of aryl methyl sites for hydroxylation is 1. The third kappa shape index (κ3) is 4.07. The highest BCUT2D eigenvalue weighted by Crippen LogP contribution is 2.36. The van der Waals surface area contributed by atoms with E-state index in [0.717, 1.165) is 40.4 Å². The van der Waals surface area contributed by atoms with Gasteiger partial charge in [-0.3, -0.25) is 9.59 Å². The average Bonchev–Trinajstić information content (AvgIpc) is 3.21. The van der Waals surface area contributed by atoms with Crippen molar-refractivity contribution in [1.82, 2.24) is 9.88 Å². The van der Waals surface area contributed by atoms with Crippen LogP contribution >= 0.6 is 0 Å². The number of hydrogen-bond donors (Lipinski definition) is 2. The van der Waals surface area contributed by atoms with Crippen LogP contribution in [0, 0.1) is 24.4 Å². The number of H-pyrrole nitrogens is 1. The molecule has 1 aliphatic heterocycles. The van der Waals surface area contributed by atoms with E-state index in [1.54, 1.807) is 4.90 Å².